The van der Waals surface area contributed by atoms with E-state index in [1.807, 2.05) is 29.7 Å². The van der Waals surface area contributed by atoms with Gasteiger partial charge in [-0.3, -0.25) is 4.79 Å². The molecule has 0 N–H and O–H groups in total. The van der Waals surface area contributed by atoms with Crippen molar-refractivity contribution in [1.29, 1.82) is 0 Å². The predicted octanol–water partition coefficient (Wildman–Crippen LogP) is 4.73. The Balaban J connectivity index is 1.52. The summed E-state index contributed by atoms with van der Waals surface area (Å²) in [7, 11) is -3.56. The number of hydrogen-bond acceptors (Lipinski definition) is 5. The summed E-state index contributed by atoms with van der Waals surface area (Å²) in [4.78, 5) is 17.9. The van der Waals surface area contributed by atoms with E-state index in [1.54, 1.807) is 6.07 Å². The Bertz CT molecular complexity index is 1270. The van der Waals surface area contributed by atoms with Gasteiger partial charge < -0.3 is 4.57 Å². The normalized spacial score (nSPS) is 17.1. The van der Waals surface area contributed by atoms with Crippen molar-refractivity contribution in [2.24, 2.45) is 10.9 Å². The fraction of sp³-hybridized carbons (Fsp3) is 0.368. The molecule has 4 rings (SSSR count). The third-order valence-electron chi connectivity index (χ3n) is 5.11. The first-order chi connectivity index (χ1) is 14.3. The van der Waals surface area contributed by atoms with E-state index < -0.39 is 10.0 Å². The molecule has 160 valence electrons. The molecule has 0 bridgehead atoms. The minimum atomic E-state index is -3.56. The number of thiazole rings is 1. The molecule has 6 nitrogen and oxygen atoms in total. The number of sulfonamides is 1. The number of fused-ring (bicyclic) bond motifs is 1. The molecule has 0 saturated carbocycles. The summed E-state index contributed by atoms with van der Waals surface area (Å²) < 4.78 is 31.7. The highest BCUT2D eigenvalue weighted by Crippen LogP contribution is 2.31. The number of benzene rings is 1. The Morgan fingerprint density at radius 2 is 1.97 bits per heavy atom. The number of halogens is 2. The van der Waals surface area contributed by atoms with Crippen LogP contribution in [-0.4, -0.2) is 36.3 Å². The van der Waals surface area contributed by atoms with E-state index >= 15 is 0 Å². The second-order valence-electron chi connectivity index (χ2n) is 6.93. The van der Waals surface area contributed by atoms with Crippen molar-refractivity contribution < 1.29 is 13.2 Å². The smallest absolute Gasteiger partial charge is 0.252 e. The van der Waals surface area contributed by atoms with E-state index in [0.717, 1.165) is 26.0 Å². The Labute approximate surface area is 196 Å². The topological polar surface area (TPSA) is 71.7 Å². The van der Waals surface area contributed by atoms with E-state index in [2.05, 4.69) is 20.9 Å². The second kappa shape index (κ2) is 8.84. The largest absolute Gasteiger partial charge is 0.317 e. The van der Waals surface area contributed by atoms with Gasteiger partial charge >= 0.3 is 0 Å². The average Bonchev–Trinajstić information content (AvgIpc) is 3.31. The van der Waals surface area contributed by atoms with Crippen molar-refractivity contribution in [1.82, 2.24) is 8.87 Å². The van der Waals surface area contributed by atoms with E-state index in [0.29, 0.717) is 41.6 Å². The zero-order chi connectivity index (χ0) is 21.5. The first-order valence-corrected chi connectivity index (χ1v) is 13.7. The van der Waals surface area contributed by atoms with Crippen molar-refractivity contribution in [3.8, 4) is 0 Å². The average molecular weight is 549 g/mol. The molecule has 0 spiro atoms. The maximum Gasteiger partial charge on any atom is 0.252 e. The van der Waals surface area contributed by atoms with Crippen LogP contribution in [0.3, 0.4) is 0 Å². The predicted molar refractivity (Wildman–Crippen MR) is 125 cm³/mol. The van der Waals surface area contributed by atoms with Crippen LogP contribution < -0.4 is 4.80 Å². The van der Waals surface area contributed by atoms with E-state index in [4.69, 9.17) is 11.6 Å². The summed E-state index contributed by atoms with van der Waals surface area (Å²) in [5, 5.41) is 0. The van der Waals surface area contributed by atoms with Crippen LogP contribution in [0.4, 0.5) is 0 Å². The molecule has 0 aliphatic carbocycles. The maximum absolute atomic E-state index is 12.8. The number of thiophene rings is 1. The summed E-state index contributed by atoms with van der Waals surface area (Å²) in [6.07, 6.45) is 0.923. The van der Waals surface area contributed by atoms with Gasteiger partial charge in [-0.05, 0) is 50.1 Å². The number of aromatic nitrogens is 1. The van der Waals surface area contributed by atoms with Crippen molar-refractivity contribution >= 4 is 76.4 Å². The monoisotopic (exact) mass is 547 g/mol. The van der Waals surface area contributed by atoms with Crippen molar-refractivity contribution in [2.45, 2.75) is 30.5 Å². The number of amides is 1. The van der Waals surface area contributed by atoms with Gasteiger partial charge in [-0.25, -0.2) is 8.42 Å². The molecule has 0 radical (unpaired) electrons. The zero-order valence-electron chi connectivity index (χ0n) is 16.0. The molecule has 3 aromatic rings. The minimum absolute atomic E-state index is 0.181. The lowest BCUT2D eigenvalue weighted by Gasteiger charge is -2.29. The Morgan fingerprint density at radius 1 is 1.23 bits per heavy atom. The number of rotatable bonds is 4. The number of aryl methyl sites for hydroxylation is 1. The highest BCUT2D eigenvalue weighted by Gasteiger charge is 2.33. The molecule has 1 amide bonds. The molecule has 1 aliphatic rings. The number of piperidine rings is 1. The Morgan fingerprint density at radius 3 is 2.60 bits per heavy atom. The number of carbonyl (C=O) groups is 1. The van der Waals surface area contributed by atoms with Crippen LogP contribution in [0, 0.1) is 5.92 Å². The summed E-state index contributed by atoms with van der Waals surface area (Å²) in [5.74, 6) is -0.454. The van der Waals surface area contributed by atoms with E-state index in [-0.39, 0.29) is 16.0 Å². The lowest BCUT2D eigenvalue weighted by atomic mass is 9.98. The van der Waals surface area contributed by atoms with Crippen LogP contribution in [0.5, 0.6) is 0 Å². The third kappa shape index (κ3) is 4.31. The zero-order valence-corrected chi connectivity index (χ0v) is 20.8. The third-order valence-corrected chi connectivity index (χ3v) is 10.2. The first-order valence-electron chi connectivity index (χ1n) is 9.42. The lowest BCUT2D eigenvalue weighted by molar-refractivity contribution is -0.122. The minimum Gasteiger partial charge on any atom is -0.317 e. The van der Waals surface area contributed by atoms with Crippen LogP contribution in [0.1, 0.15) is 19.8 Å². The van der Waals surface area contributed by atoms with Gasteiger partial charge in [-0.2, -0.15) is 9.30 Å². The van der Waals surface area contributed by atoms with Gasteiger partial charge in [-0.15, -0.1) is 11.3 Å². The standard InChI is InChI=1S/C19H19BrClN3O3S3/c1-2-24-14-4-3-13(20)11-15(14)28-19(24)22-18(25)12-7-9-23(10-8-12)30(26,27)17-6-5-16(21)29-17/h3-6,11-12H,2,7-10H2,1H3. The molecule has 2 aromatic heterocycles. The molecule has 1 aromatic carbocycles. The van der Waals surface area contributed by atoms with Crippen molar-refractivity contribution in [3.05, 3.63) is 43.9 Å². The van der Waals surface area contributed by atoms with Crippen molar-refractivity contribution in [3.63, 3.8) is 0 Å². The van der Waals surface area contributed by atoms with Gasteiger partial charge in [0.05, 0.1) is 14.6 Å². The number of nitrogens with zero attached hydrogens (tertiary/aromatic N) is 3. The first kappa shape index (κ1) is 22.2. The molecule has 30 heavy (non-hydrogen) atoms. The van der Waals surface area contributed by atoms with Gasteiger partial charge in [0.1, 0.15) is 4.21 Å². The van der Waals surface area contributed by atoms with Gasteiger partial charge in [0.25, 0.3) is 15.9 Å². The molecule has 3 heterocycles. The fourth-order valence-corrected chi connectivity index (χ4v) is 8.29. The summed E-state index contributed by atoms with van der Waals surface area (Å²) >= 11 is 11.9. The van der Waals surface area contributed by atoms with Crippen LogP contribution in [-0.2, 0) is 21.4 Å². The van der Waals surface area contributed by atoms with Gasteiger partial charge in [0.15, 0.2) is 4.80 Å². The highest BCUT2D eigenvalue weighted by molar-refractivity contribution is 9.10. The molecule has 1 fully saturated rings. The summed E-state index contributed by atoms with van der Waals surface area (Å²) in [5.41, 5.74) is 1.05. The van der Waals surface area contributed by atoms with Gasteiger partial charge in [0.2, 0.25) is 0 Å². The maximum atomic E-state index is 12.8. The van der Waals surface area contributed by atoms with E-state index in [1.165, 1.54) is 21.7 Å². The molecule has 1 saturated heterocycles. The van der Waals surface area contributed by atoms with Crippen molar-refractivity contribution in [2.75, 3.05) is 13.1 Å². The Hall–Kier alpha value is -1.04. The molecular weight excluding hydrogens is 530 g/mol. The fourth-order valence-electron chi connectivity index (χ4n) is 3.53. The van der Waals surface area contributed by atoms with Crippen LogP contribution in [0.2, 0.25) is 4.34 Å². The Kier molecular flexibility index (Phi) is 6.53. The highest BCUT2D eigenvalue weighted by atomic mass is 79.9. The molecule has 1 aliphatic heterocycles. The van der Waals surface area contributed by atoms with Crippen LogP contribution in [0.25, 0.3) is 10.2 Å². The number of hydrogen-bond donors (Lipinski definition) is 0. The molecular formula is C19H19BrClN3O3S3. The van der Waals surface area contributed by atoms with Crippen LogP contribution >= 0.6 is 50.2 Å². The summed E-state index contributed by atoms with van der Waals surface area (Å²) in [6, 6.07) is 9.13. The number of carbonyl (C=O) groups excluding carboxylic acids is 1. The quantitative estimate of drug-likeness (QED) is 0.473. The molecule has 11 heteroatoms. The van der Waals surface area contributed by atoms with E-state index in [9.17, 15) is 13.2 Å². The van der Waals surface area contributed by atoms with Crippen LogP contribution in [0.15, 0.2) is 44.0 Å². The molecule has 0 atom stereocenters. The van der Waals surface area contributed by atoms with Gasteiger partial charge in [0, 0.05) is 30.0 Å². The SMILES string of the molecule is CCn1c(=NC(=O)C2CCN(S(=O)(=O)c3ccc(Cl)s3)CC2)sc2cc(Br)ccc21. The summed E-state index contributed by atoms with van der Waals surface area (Å²) in [6.45, 7) is 3.35. The molecule has 0 unspecified atom stereocenters. The lowest BCUT2D eigenvalue weighted by Crippen LogP contribution is -2.40. The van der Waals surface area contributed by atoms with Gasteiger partial charge in [-0.1, -0.05) is 38.9 Å². The second-order valence-corrected chi connectivity index (χ2v) is 12.7.